The number of benzene rings is 2. The van der Waals surface area contributed by atoms with Gasteiger partial charge in [0.2, 0.25) is 0 Å². The quantitative estimate of drug-likeness (QED) is 0.810. The number of imide groups is 1. The molecule has 4 heteroatoms. The van der Waals surface area contributed by atoms with Gasteiger partial charge in [-0.05, 0) is 48.6 Å². The molecule has 1 saturated heterocycles. The second-order valence-corrected chi connectivity index (χ2v) is 7.78. The van der Waals surface area contributed by atoms with Crippen molar-refractivity contribution in [1.29, 1.82) is 0 Å². The molecule has 2 unspecified atom stereocenters. The molecule has 2 aromatic carbocycles. The van der Waals surface area contributed by atoms with Crippen LogP contribution in [0.1, 0.15) is 40.0 Å². The third-order valence-corrected chi connectivity index (χ3v) is 6.18. The van der Waals surface area contributed by atoms with Gasteiger partial charge in [-0.3, -0.25) is 14.5 Å². The molecule has 2 atom stereocenters. The molecule has 0 spiro atoms. The lowest BCUT2D eigenvalue weighted by molar-refractivity contribution is 0.0578. The minimum atomic E-state index is -0.144. The molecule has 2 amide bonds. The largest absolute Gasteiger partial charge is 0.301 e. The van der Waals surface area contributed by atoms with Crippen LogP contribution in [-0.2, 0) is 0 Å². The summed E-state index contributed by atoms with van der Waals surface area (Å²) in [5.41, 5.74) is 1.32. The molecule has 3 aliphatic rings. The van der Waals surface area contributed by atoms with Gasteiger partial charge >= 0.3 is 0 Å². The molecule has 1 saturated carbocycles. The first-order valence-electron chi connectivity index (χ1n) is 9.31. The summed E-state index contributed by atoms with van der Waals surface area (Å²) in [5.74, 6) is 1.35. The maximum Gasteiger partial charge on any atom is 0.261 e. The smallest absolute Gasteiger partial charge is 0.261 e. The first-order valence-corrected chi connectivity index (χ1v) is 9.31. The van der Waals surface area contributed by atoms with Gasteiger partial charge in [0.25, 0.3) is 11.8 Å². The number of carbonyl (C=O) groups excluding carboxylic acids is 2. The maximum atomic E-state index is 12.9. The number of hydrogen-bond acceptors (Lipinski definition) is 3. The van der Waals surface area contributed by atoms with E-state index in [9.17, 15) is 9.59 Å². The zero-order valence-corrected chi connectivity index (χ0v) is 14.3. The van der Waals surface area contributed by atoms with Crippen molar-refractivity contribution in [3.8, 4) is 0 Å². The molecule has 2 aliphatic heterocycles. The van der Waals surface area contributed by atoms with E-state index in [0.29, 0.717) is 17.7 Å². The molecule has 0 radical (unpaired) electrons. The standard InChI is InChI=1S/C21H22N2O2/c24-20-17-5-1-3-16-4-2-6-18(19(16)17)21(25)23(20)10-9-22-12-14-7-8-15(11-14)13-22/h1-6,14-15H,7-13H2. The summed E-state index contributed by atoms with van der Waals surface area (Å²) in [6.45, 7) is 3.53. The van der Waals surface area contributed by atoms with Crippen LogP contribution in [0.3, 0.4) is 0 Å². The molecule has 2 bridgehead atoms. The monoisotopic (exact) mass is 334 g/mol. The van der Waals surface area contributed by atoms with Crippen LogP contribution in [0.4, 0.5) is 0 Å². The highest BCUT2D eigenvalue weighted by Crippen LogP contribution is 2.36. The highest BCUT2D eigenvalue weighted by Gasteiger charge is 2.35. The highest BCUT2D eigenvalue weighted by molar-refractivity contribution is 6.25. The average molecular weight is 334 g/mol. The Balaban J connectivity index is 1.40. The van der Waals surface area contributed by atoms with Crippen LogP contribution in [-0.4, -0.2) is 47.8 Å². The Bertz CT molecular complexity index is 813. The molecule has 0 aromatic heterocycles. The van der Waals surface area contributed by atoms with Crippen molar-refractivity contribution in [2.75, 3.05) is 26.2 Å². The Kier molecular flexibility index (Phi) is 3.42. The Morgan fingerprint density at radius 1 is 0.840 bits per heavy atom. The first-order chi connectivity index (χ1) is 12.2. The molecule has 25 heavy (non-hydrogen) atoms. The van der Waals surface area contributed by atoms with E-state index in [0.717, 1.165) is 42.2 Å². The van der Waals surface area contributed by atoms with Crippen LogP contribution in [0.15, 0.2) is 36.4 Å². The summed E-state index contributed by atoms with van der Waals surface area (Å²) in [7, 11) is 0. The van der Waals surface area contributed by atoms with Crippen LogP contribution in [0.2, 0.25) is 0 Å². The van der Waals surface area contributed by atoms with E-state index in [2.05, 4.69) is 4.90 Å². The Morgan fingerprint density at radius 3 is 2.04 bits per heavy atom. The number of amides is 2. The summed E-state index contributed by atoms with van der Waals surface area (Å²) >= 11 is 0. The molecule has 2 aromatic rings. The van der Waals surface area contributed by atoms with Gasteiger partial charge in [0, 0.05) is 42.7 Å². The van der Waals surface area contributed by atoms with Crippen molar-refractivity contribution >= 4 is 22.6 Å². The number of hydrogen-bond donors (Lipinski definition) is 0. The fraction of sp³-hybridized carbons (Fsp3) is 0.429. The van der Waals surface area contributed by atoms with E-state index in [1.807, 2.05) is 36.4 Å². The zero-order valence-electron chi connectivity index (χ0n) is 14.3. The van der Waals surface area contributed by atoms with Crippen LogP contribution < -0.4 is 0 Å². The molecule has 2 heterocycles. The van der Waals surface area contributed by atoms with Gasteiger partial charge in [-0.15, -0.1) is 0 Å². The third kappa shape index (κ3) is 2.39. The third-order valence-electron chi connectivity index (χ3n) is 6.18. The number of likely N-dealkylation sites (tertiary alicyclic amines) is 1. The summed E-state index contributed by atoms with van der Waals surface area (Å²) < 4.78 is 0. The normalized spacial score (nSPS) is 25.8. The zero-order chi connectivity index (χ0) is 17.0. The van der Waals surface area contributed by atoms with Crippen molar-refractivity contribution in [3.05, 3.63) is 47.5 Å². The Morgan fingerprint density at radius 2 is 1.44 bits per heavy atom. The average Bonchev–Trinajstić information content (AvgIpc) is 2.97. The van der Waals surface area contributed by atoms with Gasteiger partial charge in [0.1, 0.15) is 0 Å². The van der Waals surface area contributed by atoms with E-state index >= 15 is 0 Å². The number of piperidine rings is 1. The lowest BCUT2D eigenvalue weighted by Crippen LogP contribution is -2.46. The van der Waals surface area contributed by atoms with E-state index < -0.39 is 0 Å². The molecule has 4 nitrogen and oxygen atoms in total. The Hall–Kier alpha value is -2.20. The van der Waals surface area contributed by atoms with E-state index in [1.54, 1.807) is 0 Å². The van der Waals surface area contributed by atoms with Crippen molar-refractivity contribution in [1.82, 2.24) is 9.80 Å². The van der Waals surface area contributed by atoms with Crippen molar-refractivity contribution < 1.29 is 9.59 Å². The van der Waals surface area contributed by atoms with E-state index in [4.69, 9.17) is 0 Å². The maximum absolute atomic E-state index is 12.9. The van der Waals surface area contributed by atoms with Crippen LogP contribution in [0.25, 0.3) is 10.8 Å². The molecule has 1 aliphatic carbocycles. The molecular weight excluding hydrogens is 312 g/mol. The van der Waals surface area contributed by atoms with Gasteiger partial charge in [0.05, 0.1) is 0 Å². The summed E-state index contributed by atoms with van der Waals surface area (Å²) in [6, 6.07) is 11.4. The molecule has 128 valence electrons. The summed E-state index contributed by atoms with van der Waals surface area (Å²) in [4.78, 5) is 29.7. The second kappa shape index (κ2) is 5.67. The fourth-order valence-corrected chi connectivity index (χ4v) is 5.02. The molecule has 0 N–H and O–H groups in total. The van der Waals surface area contributed by atoms with E-state index in [-0.39, 0.29) is 11.8 Å². The first kappa shape index (κ1) is 15.1. The van der Waals surface area contributed by atoms with Crippen LogP contribution >= 0.6 is 0 Å². The van der Waals surface area contributed by atoms with Gasteiger partial charge in [-0.1, -0.05) is 24.3 Å². The number of nitrogens with zero attached hydrogens (tertiary/aromatic N) is 2. The van der Waals surface area contributed by atoms with Gasteiger partial charge < -0.3 is 4.90 Å². The van der Waals surface area contributed by atoms with Crippen LogP contribution in [0.5, 0.6) is 0 Å². The minimum absolute atomic E-state index is 0.144. The highest BCUT2D eigenvalue weighted by atomic mass is 16.2. The predicted molar refractivity (Wildman–Crippen MR) is 96.6 cm³/mol. The number of rotatable bonds is 3. The molecular formula is C21H22N2O2. The van der Waals surface area contributed by atoms with E-state index in [1.165, 1.54) is 24.2 Å². The van der Waals surface area contributed by atoms with Crippen molar-refractivity contribution in [2.24, 2.45) is 11.8 Å². The van der Waals surface area contributed by atoms with Crippen LogP contribution in [0, 0.1) is 11.8 Å². The second-order valence-electron chi connectivity index (χ2n) is 7.78. The lowest BCUT2D eigenvalue weighted by Gasteiger charge is -2.34. The van der Waals surface area contributed by atoms with Gasteiger partial charge in [-0.25, -0.2) is 0 Å². The molecule has 5 rings (SSSR count). The molecule has 2 fully saturated rings. The van der Waals surface area contributed by atoms with Gasteiger partial charge in [-0.2, -0.15) is 0 Å². The SMILES string of the molecule is O=C1c2cccc3cccc(c23)C(=O)N1CCN1CC2CCC(C2)C1. The summed E-state index contributed by atoms with van der Waals surface area (Å²) in [6.07, 6.45) is 4.06. The summed E-state index contributed by atoms with van der Waals surface area (Å²) in [5, 5.41) is 1.77. The number of fused-ring (bicyclic) bond motifs is 2. The van der Waals surface area contributed by atoms with Crippen molar-refractivity contribution in [2.45, 2.75) is 19.3 Å². The Labute approximate surface area is 147 Å². The topological polar surface area (TPSA) is 40.6 Å². The minimum Gasteiger partial charge on any atom is -0.301 e. The van der Waals surface area contributed by atoms with Gasteiger partial charge in [0.15, 0.2) is 0 Å². The lowest BCUT2D eigenvalue weighted by atomic mass is 9.94. The number of carbonyl (C=O) groups is 2. The predicted octanol–water partition coefficient (Wildman–Crippen LogP) is 3.17. The fourth-order valence-electron chi connectivity index (χ4n) is 5.02. The van der Waals surface area contributed by atoms with Crippen molar-refractivity contribution in [3.63, 3.8) is 0 Å².